The van der Waals surface area contributed by atoms with E-state index in [4.69, 9.17) is 9.47 Å². The molecule has 6 rings (SSSR count). The van der Waals surface area contributed by atoms with E-state index in [0.717, 1.165) is 17.7 Å². The number of aromatic nitrogens is 2. The summed E-state index contributed by atoms with van der Waals surface area (Å²) in [6.45, 7) is 0.588. The van der Waals surface area contributed by atoms with Crippen LogP contribution >= 0.6 is 0 Å². The van der Waals surface area contributed by atoms with Crippen LogP contribution in [0, 0.1) is 0 Å². The summed E-state index contributed by atoms with van der Waals surface area (Å²) in [5.74, 6) is -0.396. The highest BCUT2D eigenvalue weighted by atomic mass is 19.4. The molecule has 4 aromatic rings. The van der Waals surface area contributed by atoms with Crippen LogP contribution in [0.2, 0.25) is 0 Å². The lowest BCUT2D eigenvalue weighted by Gasteiger charge is -2.26. The summed E-state index contributed by atoms with van der Waals surface area (Å²) < 4.78 is 55.3. The van der Waals surface area contributed by atoms with Crippen LogP contribution in [0.15, 0.2) is 66.7 Å². The second-order valence-corrected chi connectivity index (χ2v) is 10.3. The maximum atomic E-state index is 14.1. The molecular formula is C31H26F3N3O5. The van der Waals surface area contributed by atoms with Gasteiger partial charge in [-0.05, 0) is 73.4 Å². The number of benzene rings is 3. The van der Waals surface area contributed by atoms with Crippen LogP contribution in [0.25, 0.3) is 5.69 Å². The van der Waals surface area contributed by atoms with Crippen molar-refractivity contribution >= 4 is 17.6 Å². The van der Waals surface area contributed by atoms with Crippen molar-refractivity contribution in [3.8, 4) is 17.2 Å². The van der Waals surface area contributed by atoms with Gasteiger partial charge in [0.2, 0.25) is 0 Å². The normalized spacial score (nSPS) is 15.9. The molecule has 8 nitrogen and oxygen atoms in total. The number of fused-ring (bicyclic) bond motifs is 2. The van der Waals surface area contributed by atoms with Crippen molar-refractivity contribution in [3.63, 3.8) is 0 Å². The van der Waals surface area contributed by atoms with Crippen LogP contribution in [0.4, 0.5) is 18.9 Å². The fraction of sp³-hybridized carbons (Fsp3) is 0.258. The molecule has 2 heterocycles. The molecule has 0 spiro atoms. The largest absolute Gasteiger partial charge is 0.493 e. The standard InChI is InChI=1S/C31H26F3N3O5/c1-36(21-11-8-18-14-15-41-26(18)17-21)29(38)20-4-2-5-22(16-20)37-27-24(28(35-37)31(32,33)34)6-3-7-25(27)42-23-12-9-19(10-13-23)30(39)40/h2,4-5,8-13,16-17,25H,3,6-7,14-15H2,1H3,(H,39,40)/t25-/m0/s1. The number of carbonyl (C=O) groups is 2. The van der Waals surface area contributed by atoms with Crippen molar-refractivity contribution in [1.29, 1.82) is 0 Å². The maximum absolute atomic E-state index is 14.1. The first-order valence-electron chi connectivity index (χ1n) is 13.4. The number of nitrogens with zero attached hydrogens (tertiary/aromatic N) is 3. The molecule has 1 amide bonds. The van der Waals surface area contributed by atoms with Crippen LogP contribution in [-0.4, -0.2) is 40.4 Å². The van der Waals surface area contributed by atoms with Crippen LogP contribution in [0.3, 0.4) is 0 Å². The second-order valence-electron chi connectivity index (χ2n) is 10.3. The minimum atomic E-state index is -4.69. The Morgan fingerprint density at radius 1 is 1.05 bits per heavy atom. The maximum Gasteiger partial charge on any atom is 0.435 e. The number of carboxylic acid groups (broad SMARTS) is 1. The molecule has 42 heavy (non-hydrogen) atoms. The molecule has 216 valence electrons. The van der Waals surface area contributed by atoms with E-state index < -0.39 is 23.9 Å². The van der Waals surface area contributed by atoms with Crippen LogP contribution in [0.1, 0.15) is 62.2 Å². The Balaban J connectivity index is 1.36. The van der Waals surface area contributed by atoms with Crippen molar-refractivity contribution in [2.24, 2.45) is 0 Å². The summed E-state index contributed by atoms with van der Waals surface area (Å²) in [6, 6.07) is 17.6. The smallest absolute Gasteiger partial charge is 0.435 e. The fourth-order valence-electron chi connectivity index (χ4n) is 5.47. The molecule has 1 aliphatic carbocycles. The van der Waals surface area contributed by atoms with Gasteiger partial charge >= 0.3 is 12.1 Å². The van der Waals surface area contributed by atoms with Gasteiger partial charge in [-0.15, -0.1) is 0 Å². The van der Waals surface area contributed by atoms with Gasteiger partial charge in [0.25, 0.3) is 5.91 Å². The molecule has 0 saturated heterocycles. The minimum absolute atomic E-state index is 0.0490. The average Bonchev–Trinajstić information content (AvgIpc) is 3.62. The van der Waals surface area contributed by atoms with Crippen molar-refractivity contribution in [3.05, 3.63) is 100 Å². The van der Waals surface area contributed by atoms with Gasteiger partial charge in [-0.3, -0.25) is 4.79 Å². The summed E-state index contributed by atoms with van der Waals surface area (Å²) in [6.07, 6.45) is -3.61. The number of hydrogen-bond donors (Lipinski definition) is 1. The molecule has 0 unspecified atom stereocenters. The zero-order valence-electron chi connectivity index (χ0n) is 22.5. The molecule has 1 aliphatic heterocycles. The Hall–Kier alpha value is -4.80. The van der Waals surface area contributed by atoms with Crippen LogP contribution in [0.5, 0.6) is 11.5 Å². The van der Waals surface area contributed by atoms with Gasteiger partial charge in [0, 0.05) is 36.3 Å². The summed E-state index contributed by atoms with van der Waals surface area (Å²) in [7, 11) is 1.63. The highest BCUT2D eigenvalue weighted by Gasteiger charge is 2.42. The fourth-order valence-corrected chi connectivity index (χ4v) is 5.47. The third-order valence-electron chi connectivity index (χ3n) is 7.58. The Labute approximate surface area is 238 Å². The van der Waals surface area contributed by atoms with E-state index in [1.165, 1.54) is 39.9 Å². The number of carboxylic acids is 1. The van der Waals surface area contributed by atoms with E-state index in [-0.39, 0.29) is 40.4 Å². The van der Waals surface area contributed by atoms with Crippen molar-refractivity contribution < 1.29 is 37.3 Å². The Morgan fingerprint density at radius 2 is 1.83 bits per heavy atom. The van der Waals surface area contributed by atoms with Gasteiger partial charge in [-0.2, -0.15) is 18.3 Å². The first kappa shape index (κ1) is 27.4. The summed E-state index contributed by atoms with van der Waals surface area (Å²) in [4.78, 5) is 26.2. The number of anilines is 1. The van der Waals surface area contributed by atoms with Gasteiger partial charge in [0.15, 0.2) is 5.69 Å². The molecule has 0 bridgehead atoms. The third-order valence-corrected chi connectivity index (χ3v) is 7.58. The predicted octanol–water partition coefficient (Wildman–Crippen LogP) is 6.26. The predicted molar refractivity (Wildman–Crippen MR) is 147 cm³/mol. The quantitative estimate of drug-likeness (QED) is 0.291. The monoisotopic (exact) mass is 577 g/mol. The van der Waals surface area contributed by atoms with Crippen molar-refractivity contribution in [2.45, 2.75) is 38.0 Å². The lowest BCUT2D eigenvalue weighted by atomic mass is 9.92. The summed E-state index contributed by atoms with van der Waals surface area (Å²) >= 11 is 0. The van der Waals surface area contributed by atoms with Gasteiger partial charge in [-0.25, -0.2) is 9.48 Å². The zero-order chi connectivity index (χ0) is 29.6. The van der Waals surface area contributed by atoms with E-state index in [0.29, 0.717) is 30.9 Å². The number of amides is 1. The lowest BCUT2D eigenvalue weighted by Crippen LogP contribution is -2.26. The van der Waals surface area contributed by atoms with E-state index in [1.807, 2.05) is 12.1 Å². The first-order chi connectivity index (χ1) is 20.1. The molecule has 3 aromatic carbocycles. The number of aromatic carboxylic acids is 1. The topological polar surface area (TPSA) is 93.9 Å². The molecular weight excluding hydrogens is 551 g/mol. The Morgan fingerprint density at radius 3 is 2.57 bits per heavy atom. The van der Waals surface area contributed by atoms with E-state index in [2.05, 4.69) is 5.10 Å². The third kappa shape index (κ3) is 5.06. The van der Waals surface area contributed by atoms with Crippen LogP contribution in [-0.2, 0) is 19.0 Å². The number of halogens is 3. The highest BCUT2D eigenvalue weighted by molar-refractivity contribution is 6.06. The number of rotatable bonds is 6. The average molecular weight is 578 g/mol. The molecule has 0 fully saturated rings. The van der Waals surface area contributed by atoms with Gasteiger partial charge in [0.05, 0.1) is 23.6 Å². The molecule has 0 saturated carbocycles. The summed E-state index contributed by atoms with van der Waals surface area (Å²) in [5.41, 5.74) is 1.64. The molecule has 1 N–H and O–H groups in total. The van der Waals surface area contributed by atoms with E-state index >= 15 is 0 Å². The van der Waals surface area contributed by atoms with Crippen molar-refractivity contribution in [2.75, 3.05) is 18.6 Å². The first-order valence-corrected chi connectivity index (χ1v) is 13.4. The number of alkyl halides is 3. The number of carbonyl (C=O) groups excluding carboxylic acids is 1. The Bertz CT molecular complexity index is 1680. The van der Waals surface area contributed by atoms with Gasteiger partial charge in [0.1, 0.15) is 17.6 Å². The van der Waals surface area contributed by atoms with Gasteiger partial charge in [-0.1, -0.05) is 12.1 Å². The Kier molecular flexibility index (Phi) is 6.88. The van der Waals surface area contributed by atoms with Crippen molar-refractivity contribution in [1.82, 2.24) is 9.78 Å². The molecule has 1 atom stereocenters. The second kappa shape index (κ2) is 10.6. The molecule has 0 radical (unpaired) electrons. The number of ether oxygens (including phenoxy) is 2. The van der Waals surface area contributed by atoms with Crippen LogP contribution < -0.4 is 14.4 Å². The minimum Gasteiger partial charge on any atom is -0.493 e. The molecule has 11 heteroatoms. The SMILES string of the molecule is CN(C(=O)c1cccc(-n2nc(C(F)(F)F)c3c2[C@@H](Oc2ccc(C(=O)O)cc2)CCC3)c1)c1ccc2c(c1)OCC2. The van der Waals surface area contributed by atoms with E-state index in [1.54, 1.807) is 31.3 Å². The van der Waals surface area contributed by atoms with Gasteiger partial charge < -0.3 is 19.5 Å². The summed E-state index contributed by atoms with van der Waals surface area (Å²) in [5, 5.41) is 13.2. The molecule has 2 aliphatic rings. The van der Waals surface area contributed by atoms with E-state index in [9.17, 15) is 27.9 Å². The zero-order valence-corrected chi connectivity index (χ0v) is 22.5. The molecule has 1 aromatic heterocycles. The number of hydrogen-bond acceptors (Lipinski definition) is 5. The lowest BCUT2D eigenvalue weighted by molar-refractivity contribution is -0.142. The highest BCUT2D eigenvalue weighted by Crippen LogP contribution is 2.42.